The van der Waals surface area contributed by atoms with Gasteiger partial charge in [-0.15, -0.1) is 11.8 Å². The van der Waals surface area contributed by atoms with Gasteiger partial charge in [-0.2, -0.15) is 0 Å². The van der Waals surface area contributed by atoms with Crippen molar-refractivity contribution in [2.75, 3.05) is 18.1 Å². The molecule has 22 heavy (non-hydrogen) atoms. The number of urea groups is 1. The number of sulfonamides is 1. The summed E-state index contributed by atoms with van der Waals surface area (Å²) in [5.74, 6) is 0.930. The topological polar surface area (TPSA) is 101 Å². The first-order chi connectivity index (χ1) is 10.5. The van der Waals surface area contributed by atoms with E-state index in [-0.39, 0.29) is 17.8 Å². The molecule has 0 bridgehead atoms. The Hall–Kier alpha value is -1.25. The van der Waals surface area contributed by atoms with E-state index in [9.17, 15) is 13.2 Å². The highest BCUT2D eigenvalue weighted by molar-refractivity contribution is 7.99. The van der Waals surface area contributed by atoms with Crippen LogP contribution in [-0.4, -0.2) is 32.5 Å². The zero-order chi connectivity index (χ0) is 16.0. The van der Waals surface area contributed by atoms with Crippen LogP contribution in [0, 0.1) is 0 Å². The summed E-state index contributed by atoms with van der Waals surface area (Å²) < 4.78 is 21.6. The molecule has 4 N–H and O–H groups in total. The summed E-state index contributed by atoms with van der Waals surface area (Å²) in [5, 5.41) is 10.6. The number of nitrogens with one attached hydrogen (secondary N) is 2. The van der Waals surface area contributed by atoms with Gasteiger partial charge < -0.3 is 10.6 Å². The largest absolute Gasteiger partial charge is 0.338 e. The molecule has 122 valence electrons. The van der Waals surface area contributed by atoms with E-state index < -0.39 is 10.0 Å². The van der Waals surface area contributed by atoms with Crippen LogP contribution in [-0.2, 0) is 10.0 Å². The molecular weight excluding hydrogens is 322 g/mol. The molecule has 0 saturated carbocycles. The predicted molar refractivity (Wildman–Crippen MR) is 88.3 cm³/mol. The van der Waals surface area contributed by atoms with Crippen LogP contribution in [0.15, 0.2) is 29.2 Å². The number of carbonyl (C=O) groups is 1. The van der Waals surface area contributed by atoms with Crippen LogP contribution >= 0.6 is 11.8 Å². The fourth-order valence-corrected chi connectivity index (χ4v) is 4.06. The number of benzene rings is 1. The Morgan fingerprint density at radius 2 is 2.09 bits per heavy atom. The number of hydrogen-bond donors (Lipinski definition) is 3. The van der Waals surface area contributed by atoms with Gasteiger partial charge in [-0.05, 0) is 30.9 Å². The van der Waals surface area contributed by atoms with Gasteiger partial charge in [-0.3, -0.25) is 0 Å². The maximum atomic E-state index is 11.9. The van der Waals surface area contributed by atoms with E-state index in [4.69, 9.17) is 5.14 Å². The van der Waals surface area contributed by atoms with Gasteiger partial charge in [0.1, 0.15) is 0 Å². The van der Waals surface area contributed by atoms with Gasteiger partial charge in [0.15, 0.2) is 0 Å². The highest BCUT2D eigenvalue weighted by Crippen LogP contribution is 2.35. The van der Waals surface area contributed by atoms with Crippen molar-refractivity contribution >= 4 is 27.8 Å². The number of hydrogen-bond acceptors (Lipinski definition) is 4. The third-order valence-corrected chi connectivity index (χ3v) is 5.39. The first-order valence-electron chi connectivity index (χ1n) is 7.22. The maximum Gasteiger partial charge on any atom is 0.315 e. The Morgan fingerprint density at radius 3 is 2.86 bits per heavy atom. The molecular formula is C14H21N3O3S2. The second kappa shape index (κ2) is 7.85. The average molecular weight is 343 g/mol. The minimum Gasteiger partial charge on any atom is -0.338 e. The standard InChI is InChI=1S/C14H21N3O3S2/c15-22(19,20)10-4-3-8-16-14(18)17-12-7-9-21-13-6-2-1-5-11(12)13/h1-2,5-6,12H,3-4,7-10H2,(H2,15,19,20)(H2,16,17,18). The number of primary sulfonamides is 1. The molecule has 0 fully saturated rings. The van der Waals surface area contributed by atoms with Crippen molar-refractivity contribution in [2.45, 2.75) is 30.2 Å². The summed E-state index contributed by atoms with van der Waals surface area (Å²) in [6.45, 7) is 0.435. The summed E-state index contributed by atoms with van der Waals surface area (Å²) in [7, 11) is -3.41. The summed E-state index contributed by atoms with van der Waals surface area (Å²) in [6.07, 6.45) is 1.93. The second-order valence-corrected chi connectivity index (χ2v) is 8.07. The maximum absolute atomic E-state index is 11.9. The van der Waals surface area contributed by atoms with Gasteiger partial charge in [0, 0.05) is 17.2 Å². The number of carbonyl (C=O) groups excluding carboxylic acids is 1. The molecule has 0 aliphatic carbocycles. The first-order valence-corrected chi connectivity index (χ1v) is 9.92. The smallest absolute Gasteiger partial charge is 0.315 e. The van der Waals surface area contributed by atoms with Crippen LogP contribution in [0.2, 0.25) is 0 Å². The average Bonchev–Trinajstić information content (AvgIpc) is 2.46. The molecule has 6 nitrogen and oxygen atoms in total. The Labute approximate surface area is 135 Å². The fourth-order valence-electron chi connectivity index (χ4n) is 2.33. The van der Waals surface area contributed by atoms with Crippen LogP contribution < -0.4 is 15.8 Å². The molecule has 2 rings (SSSR count). The van der Waals surface area contributed by atoms with Gasteiger partial charge in [0.05, 0.1) is 11.8 Å². The molecule has 0 spiro atoms. The second-order valence-electron chi connectivity index (χ2n) is 5.20. The van der Waals surface area contributed by atoms with Gasteiger partial charge in [-0.25, -0.2) is 18.4 Å². The van der Waals surface area contributed by atoms with Gasteiger partial charge in [0.25, 0.3) is 0 Å². The normalized spacial score (nSPS) is 17.6. The molecule has 2 amide bonds. The number of rotatable bonds is 6. The van der Waals surface area contributed by atoms with E-state index in [1.165, 1.54) is 4.90 Å². The van der Waals surface area contributed by atoms with Crippen molar-refractivity contribution in [2.24, 2.45) is 5.14 Å². The highest BCUT2D eigenvalue weighted by Gasteiger charge is 2.21. The molecule has 1 aromatic rings. The number of amides is 2. The Balaban J connectivity index is 1.74. The van der Waals surface area contributed by atoms with Gasteiger partial charge in [0.2, 0.25) is 10.0 Å². The number of unbranched alkanes of at least 4 members (excludes halogenated alkanes) is 1. The van der Waals surface area contributed by atoms with E-state index in [1.54, 1.807) is 11.8 Å². The van der Waals surface area contributed by atoms with Crippen molar-refractivity contribution in [3.63, 3.8) is 0 Å². The minimum atomic E-state index is -3.41. The monoisotopic (exact) mass is 343 g/mol. The van der Waals surface area contributed by atoms with Gasteiger partial charge in [-0.1, -0.05) is 18.2 Å². The van der Waals surface area contributed by atoms with Crippen LogP contribution in [0.3, 0.4) is 0 Å². The lowest BCUT2D eigenvalue weighted by Crippen LogP contribution is -2.39. The molecule has 8 heteroatoms. The van der Waals surface area contributed by atoms with Crippen molar-refractivity contribution < 1.29 is 13.2 Å². The summed E-state index contributed by atoms with van der Waals surface area (Å²) in [6, 6.07) is 7.89. The fraction of sp³-hybridized carbons (Fsp3) is 0.500. The summed E-state index contributed by atoms with van der Waals surface area (Å²) in [5.41, 5.74) is 1.16. The van der Waals surface area contributed by atoms with Gasteiger partial charge >= 0.3 is 6.03 Å². The van der Waals surface area contributed by atoms with Crippen molar-refractivity contribution in [1.29, 1.82) is 0 Å². The highest BCUT2D eigenvalue weighted by atomic mass is 32.2. The molecule has 1 atom stereocenters. The SMILES string of the molecule is NS(=O)(=O)CCCCNC(=O)NC1CCSc2ccccc21. The van der Waals surface area contributed by atoms with E-state index in [1.807, 2.05) is 18.2 Å². The van der Waals surface area contributed by atoms with Crippen LogP contribution in [0.5, 0.6) is 0 Å². The summed E-state index contributed by atoms with van der Waals surface area (Å²) in [4.78, 5) is 13.1. The molecule has 1 unspecified atom stereocenters. The Morgan fingerprint density at radius 1 is 1.32 bits per heavy atom. The van der Waals surface area contributed by atoms with Crippen LogP contribution in [0.25, 0.3) is 0 Å². The predicted octanol–water partition coefficient (Wildman–Crippen LogP) is 1.59. The van der Waals surface area contributed by atoms with Crippen molar-refractivity contribution in [1.82, 2.24) is 10.6 Å². The molecule has 0 saturated heterocycles. The number of fused-ring (bicyclic) bond motifs is 1. The first kappa shape index (κ1) is 17.1. The van der Waals surface area contributed by atoms with Crippen LogP contribution in [0.4, 0.5) is 4.79 Å². The lowest BCUT2D eigenvalue weighted by molar-refractivity contribution is 0.236. The molecule has 1 aliphatic heterocycles. The van der Waals surface area contributed by atoms with Crippen molar-refractivity contribution in [3.05, 3.63) is 29.8 Å². The van der Waals surface area contributed by atoms with E-state index in [2.05, 4.69) is 16.7 Å². The summed E-state index contributed by atoms with van der Waals surface area (Å²) >= 11 is 1.81. The molecule has 1 aromatic carbocycles. The van der Waals surface area contributed by atoms with Crippen molar-refractivity contribution in [3.8, 4) is 0 Å². The molecule has 1 heterocycles. The number of thioether (sulfide) groups is 1. The quantitative estimate of drug-likeness (QED) is 0.683. The Kier molecular flexibility index (Phi) is 6.10. The third kappa shape index (κ3) is 5.51. The Bertz CT molecular complexity index is 620. The minimum absolute atomic E-state index is 0.0295. The third-order valence-electron chi connectivity index (χ3n) is 3.41. The molecule has 0 aromatic heterocycles. The van der Waals surface area contributed by atoms with E-state index in [0.717, 1.165) is 17.7 Å². The zero-order valence-electron chi connectivity index (χ0n) is 12.2. The molecule has 0 radical (unpaired) electrons. The number of nitrogens with two attached hydrogens (primary N) is 1. The molecule has 1 aliphatic rings. The zero-order valence-corrected chi connectivity index (χ0v) is 13.9. The lowest BCUT2D eigenvalue weighted by Gasteiger charge is -2.25. The van der Waals surface area contributed by atoms with E-state index >= 15 is 0 Å². The van der Waals surface area contributed by atoms with Crippen LogP contribution in [0.1, 0.15) is 30.9 Å². The lowest BCUT2D eigenvalue weighted by atomic mass is 10.0. The van der Waals surface area contributed by atoms with E-state index in [0.29, 0.717) is 19.4 Å².